The lowest BCUT2D eigenvalue weighted by Crippen LogP contribution is -2.32. The van der Waals surface area contributed by atoms with Gasteiger partial charge in [0.05, 0.1) is 5.01 Å². The number of likely N-dealkylation sites (tertiary alicyclic amines) is 1. The van der Waals surface area contributed by atoms with Crippen LogP contribution < -0.4 is 0 Å². The van der Waals surface area contributed by atoms with Crippen LogP contribution in [0.1, 0.15) is 41.2 Å². The first-order valence-corrected chi connectivity index (χ1v) is 7.00. The van der Waals surface area contributed by atoms with E-state index in [1.165, 1.54) is 11.3 Å². The molecule has 2 heterocycles. The molecule has 1 fully saturated rings. The largest absolute Gasteiger partial charge is 0.476 e. The number of carbonyl (C=O) groups is 2. The van der Waals surface area contributed by atoms with Gasteiger partial charge >= 0.3 is 5.97 Å². The quantitative estimate of drug-likeness (QED) is 0.903. The van der Waals surface area contributed by atoms with Crippen LogP contribution in [0, 0.1) is 0 Å². The van der Waals surface area contributed by atoms with Crippen molar-refractivity contribution in [1.29, 1.82) is 0 Å². The van der Waals surface area contributed by atoms with E-state index in [4.69, 9.17) is 5.11 Å². The number of carboxylic acid groups (broad SMARTS) is 1. The minimum atomic E-state index is -0.997. The second-order valence-electron chi connectivity index (χ2n) is 4.37. The van der Waals surface area contributed by atoms with Gasteiger partial charge in [-0.25, -0.2) is 9.78 Å². The van der Waals surface area contributed by atoms with E-state index in [9.17, 15) is 9.59 Å². The molecule has 1 N–H and O–H groups in total. The molecule has 1 amide bonds. The topological polar surface area (TPSA) is 70.5 Å². The molecule has 0 radical (unpaired) electrons. The monoisotopic (exact) mass is 268 g/mol. The lowest BCUT2D eigenvalue weighted by atomic mass is 10.2. The Balaban J connectivity index is 1.89. The smallest absolute Gasteiger partial charge is 0.355 e. The molecule has 1 aliphatic heterocycles. The molecule has 18 heavy (non-hydrogen) atoms. The average molecular weight is 268 g/mol. The Morgan fingerprint density at radius 2 is 2.28 bits per heavy atom. The minimum Gasteiger partial charge on any atom is -0.476 e. The minimum absolute atomic E-state index is 0.0946. The zero-order valence-electron chi connectivity index (χ0n) is 10.1. The molecule has 5 nitrogen and oxygen atoms in total. The van der Waals surface area contributed by atoms with E-state index in [1.54, 1.807) is 5.38 Å². The Morgan fingerprint density at radius 3 is 3.00 bits per heavy atom. The predicted octanol–water partition coefficient (Wildman–Crippen LogP) is 1.79. The van der Waals surface area contributed by atoms with Crippen LogP contribution in [0.3, 0.4) is 0 Å². The van der Waals surface area contributed by atoms with Crippen molar-refractivity contribution in [2.45, 2.75) is 32.1 Å². The first-order valence-electron chi connectivity index (χ1n) is 6.12. The zero-order valence-corrected chi connectivity index (χ0v) is 10.9. The SMILES string of the molecule is O=C(O)c1csc(CCN2CCCCCC2=O)n1. The van der Waals surface area contributed by atoms with E-state index in [2.05, 4.69) is 4.98 Å². The highest BCUT2D eigenvalue weighted by atomic mass is 32.1. The molecule has 6 heteroatoms. The van der Waals surface area contributed by atoms with Crippen molar-refractivity contribution in [3.63, 3.8) is 0 Å². The summed E-state index contributed by atoms with van der Waals surface area (Å²) in [4.78, 5) is 28.4. The van der Waals surface area contributed by atoms with Crippen molar-refractivity contribution in [1.82, 2.24) is 9.88 Å². The molecule has 0 aromatic carbocycles. The van der Waals surface area contributed by atoms with Crippen molar-refractivity contribution in [3.05, 3.63) is 16.1 Å². The Hall–Kier alpha value is -1.43. The van der Waals surface area contributed by atoms with Crippen LogP contribution in [0.2, 0.25) is 0 Å². The number of aromatic nitrogens is 1. The number of carboxylic acids is 1. The summed E-state index contributed by atoms with van der Waals surface area (Å²) in [7, 11) is 0. The van der Waals surface area contributed by atoms with Crippen LogP contribution in [0.5, 0.6) is 0 Å². The highest BCUT2D eigenvalue weighted by Crippen LogP contribution is 2.14. The van der Waals surface area contributed by atoms with Gasteiger partial charge in [-0.15, -0.1) is 11.3 Å². The van der Waals surface area contributed by atoms with Gasteiger partial charge in [-0.2, -0.15) is 0 Å². The summed E-state index contributed by atoms with van der Waals surface area (Å²) >= 11 is 1.34. The molecule has 0 unspecified atom stereocenters. The zero-order chi connectivity index (χ0) is 13.0. The summed E-state index contributed by atoms with van der Waals surface area (Å²) in [6, 6.07) is 0. The Kier molecular flexibility index (Phi) is 4.30. The summed E-state index contributed by atoms with van der Waals surface area (Å²) in [6.07, 6.45) is 4.43. The molecule has 1 saturated heterocycles. The standard InChI is InChI=1S/C12H16N2O3S/c15-11-4-2-1-3-6-14(11)7-5-10-13-9(8-18-10)12(16)17/h8H,1-7H2,(H,16,17). The summed E-state index contributed by atoms with van der Waals surface area (Å²) in [5, 5.41) is 11.1. The Labute approximate surface area is 109 Å². The van der Waals surface area contributed by atoms with Gasteiger partial charge in [-0.1, -0.05) is 6.42 Å². The lowest BCUT2D eigenvalue weighted by Gasteiger charge is -2.19. The molecule has 1 aromatic heterocycles. The molecule has 0 spiro atoms. The fraction of sp³-hybridized carbons (Fsp3) is 0.583. The normalized spacial score (nSPS) is 16.7. The van der Waals surface area contributed by atoms with Gasteiger partial charge in [0.25, 0.3) is 0 Å². The number of amides is 1. The third-order valence-electron chi connectivity index (χ3n) is 3.04. The van der Waals surface area contributed by atoms with Gasteiger partial charge in [0.1, 0.15) is 0 Å². The maximum atomic E-state index is 11.8. The van der Waals surface area contributed by atoms with Gasteiger partial charge in [0.15, 0.2) is 5.69 Å². The molecular formula is C12H16N2O3S. The van der Waals surface area contributed by atoms with E-state index < -0.39 is 5.97 Å². The van der Waals surface area contributed by atoms with E-state index in [1.807, 2.05) is 4.90 Å². The van der Waals surface area contributed by atoms with Gasteiger partial charge < -0.3 is 10.0 Å². The first kappa shape index (κ1) is 13.0. The van der Waals surface area contributed by atoms with Crippen LogP contribution in [-0.2, 0) is 11.2 Å². The van der Waals surface area contributed by atoms with Crippen molar-refractivity contribution < 1.29 is 14.7 Å². The first-order chi connectivity index (χ1) is 8.66. The van der Waals surface area contributed by atoms with Crippen LogP contribution in [0.4, 0.5) is 0 Å². The predicted molar refractivity (Wildman–Crippen MR) is 67.8 cm³/mol. The average Bonchev–Trinajstić information content (AvgIpc) is 2.72. The van der Waals surface area contributed by atoms with Crippen molar-refractivity contribution in [2.75, 3.05) is 13.1 Å². The molecule has 2 rings (SSSR count). The summed E-state index contributed by atoms with van der Waals surface area (Å²) in [6.45, 7) is 1.46. The summed E-state index contributed by atoms with van der Waals surface area (Å²) in [5.74, 6) is -0.786. The van der Waals surface area contributed by atoms with Gasteiger partial charge in [0.2, 0.25) is 5.91 Å². The molecule has 0 bridgehead atoms. The molecule has 1 aromatic rings. The lowest BCUT2D eigenvalue weighted by molar-refractivity contribution is -0.130. The molecule has 0 aliphatic carbocycles. The molecule has 98 valence electrons. The van der Waals surface area contributed by atoms with Crippen LogP contribution >= 0.6 is 11.3 Å². The van der Waals surface area contributed by atoms with Gasteiger partial charge in [0, 0.05) is 31.3 Å². The molecule has 0 saturated carbocycles. The highest BCUT2D eigenvalue weighted by molar-refractivity contribution is 7.09. The molecule has 1 aliphatic rings. The number of carbonyl (C=O) groups excluding carboxylic acids is 1. The van der Waals surface area contributed by atoms with Crippen molar-refractivity contribution >= 4 is 23.2 Å². The van der Waals surface area contributed by atoms with Crippen molar-refractivity contribution in [3.8, 4) is 0 Å². The third kappa shape index (κ3) is 3.29. The van der Waals surface area contributed by atoms with Gasteiger partial charge in [-0.05, 0) is 12.8 Å². The van der Waals surface area contributed by atoms with E-state index >= 15 is 0 Å². The number of aromatic carboxylic acids is 1. The summed E-state index contributed by atoms with van der Waals surface area (Å²) < 4.78 is 0. The second kappa shape index (κ2) is 5.95. The van der Waals surface area contributed by atoms with Crippen LogP contribution in [0.25, 0.3) is 0 Å². The Morgan fingerprint density at radius 1 is 1.44 bits per heavy atom. The van der Waals surface area contributed by atoms with Gasteiger partial charge in [-0.3, -0.25) is 4.79 Å². The molecule has 0 atom stereocenters. The van der Waals surface area contributed by atoms with Crippen molar-refractivity contribution in [2.24, 2.45) is 0 Å². The van der Waals surface area contributed by atoms with Crippen LogP contribution in [-0.4, -0.2) is 40.0 Å². The molecular weight excluding hydrogens is 252 g/mol. The van der Waals surface area contributed by atoms with E-state index in [0.717, 1.165) is 30.8 Å². The Bertz CT molecular complexity index is 444. The third-order valence-corrected chi connectivity index (χ3v) is 3.95. The highest BCUT2D eigenvalue weighted by Gasteiger charge is 2.17. The summed E-state index contributed by atoms with van der Waals surface area (Å²) in [5.41, 5.74) is 0.0946. The fourth-order valence-corrected chi connectivity index (χ4v) is 2.79. The number of hydrogen-bond donors (Lipinski definition) is 1. The number of hydrogen-bond acceptors (Lipinski definition) is 4. The number of nitrogens with zero attached hydrogens (tertiary/aromatic N) is 2. The maximum absolute atomic E-state index is 11.8. The fourth-order valence-electron chi connectivity index (χ4n) is 2.03. The van der Waals surface area contributed by atoms with E-state index in [0.29, 0.717) is 19.4 Å². The maximum Gasteiger partial charge on any atom is 0.355 e. The number of rotatable bonds is 4. The van der Waals surface area contributed by atoms with Crippen LogP contribution in [0.15, 0.2) is 5.38 Å². The second-order valence-corrected chi connectivity index (χ2v) is 5.32. The number of thiazole rings is 1. The van der Waals surface area contributed by atoms with E-state index in [-0.39, 0.29) is 11.6 Å².